The fraction of sp³-hybridized carbons (Fsp3) is 0.308. The van der Waals surface area contributed by atoms with Crippen LogP contribution in [0.25, 0.3) is 0 Å². The minimum atomic E-state index is -0.358. The molecule has 0 bridgehead atoms. The van der Waals surface area contributed by atoms with Crippen LogP contribution in [0.2, 0.25) is 0 Å². The largest absolute Gasteiger partial charge is 0.445 e. The molecule has 0 heterocycles. The number of amides is 1. The third-order valence-electron chi connectivity index (χ3n) is 2.65. The number of hydrogen-bond acceptors (Lipinski definition) is 2. The van der Waals surface area contributed by atoms with Gasteiger partial charge in [-0.15, -0.1) is 0 Å². The van der Waals surface area contributed by atoms with E-state index in [-0.39, 0.29) is 18.7 Å². The molecule has 0 aliphatic heterocycles. The number of hydrogen-bond donors (Lipinski definition) is 1. The minimum absolute atomic E-state index is 0.222. The number of nitrogens with one attached hydrogen (secondary N) is 1. The molecular weight excluding hydrogens is 202 g/mol. The Kier molecular flexibility index (Phi) is 3.25. The van der Waals surface area contributed by atoms with Crippen LogP contribution < -0.4 is 5.32 Å². The van der Waals surface area contributed by atoms with E-state index < -0.39 is 0 Å². The molecule has 1 fully saturated rings. The zero-order valence-corrected chi connectivity index (χ0v) is 9.06. The standard InChI is InChI=1S/C13H15NO2/c1-2-8-16-13(15)14-12-9-11(12)10-6-4-3-5-7-10/h2-7,11-12H,1,8-9H2,(H,14,15)/t11-,12+/m0/s1. The van der Waals surface area contributed by atoms with Crippen LogP contribution in [0.4, 0.5) is 4.79 Å². The fourth-order valence-electron chi connectivity index (χ4n) is 1.75. The topological polar surface area (TPSA) is 38.3 Å². The summed E-state index contributed by atoms with van der Waals surface area (Å²) in [6.07, 6.45) is 2.19. The lowest BCUT2D eigenvalue weighted by atomic mass is 10.1. The maximum absolute atomic E-state index is 11.2. The van der Waals surface area contributed by atoms with Crippen molar-refractivity contribution in [1.29, 1.82) is 0 Å². The van der Waals surface area contributed by atoms with Crippen molar-refractivity contribution in [2.75, 3.05) is 6.61 Å². The Morgan fingerprint density at radius 1 is 1.50 bits per heavy atom. The van der Waals surface area contributed by atoms with E-state index in [2.05, 4.69) is 24.0 Å². The molecule has 1 aliphatic rings. The highest BCUT2D eigenvalue weighted by Crippen LogP contribution is 2.40. The van der Waals surface area contributed by atoms with E-state index >= 15 is 0 Å². The molecule has 0 aromatic heterocycles. The van der Waals surface area contributed by atoms with Crippen LogP contribution >= 0.6 is 0 Å². The first-order valence-electron chi connectivity index (χ1n) is 5.40. The molecule has 1 N–H and O–H groups in total. The van der Waals surface area contributed by atoms with Gasteiger partial charge in [-0.05, 0) is 12.0 Å². The molecule has 3 heteroatoms. The summed E-state index contributed by atoms with van der Waals surface area (Å²) in [4.78, 5) is 11.2. The monoisotopic (exact) mass is 217 g/mol. The molecule has 1 aliphatic carbocycles. The Morgan fingerprint density at radius 3 is 2.94 bits per heavy atom. The molecule has 84 valence electrons. The first-order valence-corrected chi connectivity index (χ1v) is 5.40. The van der Waals surface area contributed by atoms with Gasteiger partial charge in [0.05, 0.1) is 0 Å². The van der Waals surface area contributed by atoms with Crippen molar-refractivity contribution in [1.82, 2.24) is 5.32 Å². The minimum Gasteiger partial charge on any atom is -0.445 e. The van der Waals surface area contributed by atoms with Gasteiger partial charge in [0.15, 0.2) is 0 Å². The van der Waals surface area contributed by atoms with Gasteiger partial charge in [0, 0.05) is 12.0 Å². The molecule has 1 aromatic carbocycles. The zero-order valence-electron chi connectivity index (χ0n) is 9.06. The second-order valence-electron chi connectivity index (χ2n) is 3.89. The highest BCUT2D eigenvalue weighted by Gasteiger charge is 2.39. The molecule has 2 rings (SSSR count). The van der Waals surface area contributed by atoms with Crippen molar-refractivity contribution in [3.8, 4) is 0 Å². The van der Waals surface area contributed by atoms with Crippen LogP contribution in [0, 0.1) is 0 Å². The third kappa shape index (κ3) is 2.63. The number of carbonyl (C=O) groups excluding carboxylic acids is 1. The number of ether oxygens (including phenoxy) is 1. The molecule has 16 heavy (non-hydrogen) atoms. The third-order valence-corrected chi connectivity index (χ3v) is 2.65. The van der Waals surface area contributed by atoms with E-state index in [0.29, 0.717) is 5.92 Å². The maximum atomic E-state index is 11.2. The average Bonchev–Trinajstić information content (AvgIpc) is 3.07. The summed E-state index contributed by atoms with van der Waals surface area (Å²) in [7, 11) is 0. The van der Waals surface area contributed by atoms with Gasteiger partial charge in [0.1, 0.15) is 6.61 Å². The molecule has 1 saturated carbocycles. The van der Waals surface area contributed by atoms with E-state index in [1.807, 2.05) is 18.2 Å². The Labute approximate surface area is 95.1 Å². The highest BCUT2D eigenvalue weighted by molar-refractivity contribution is 5.68. The summed E-state index contributed by atoms with van der Waals surface area (Å²) in [5.74, 6) is 0.442. The number of benzene rings is 1. The highest BCUT2D eigenvalue weighted by atomic mass is 16.5. The molecular formula is C13H15NO2. The molecule has 3 nitrogen and oxygen atoms in total. The van der Waals surface area contributed by atoms with E-state index in [9.17, 15) is 4.79 Å². The molecule has 0 saturated heterocycles. The van der Waals surface area contributed by atoms with Gasteiger partial charge in [-0.25, -0.2) is 4.79 Å². The summed E-state index contributed by atoms with van der Waals surface area (Å²) in [6, 6.07) is 10.4. The van der Waals surface area contributed by atoms with Crippen molar-refractivity contribution in [3.63, 3.8) is 0 Å². The summed E-state index contributed by atoms with van der Waals surface area (Å²) < 4.78 is 4.86. The number of carbonyl (C=O) groups is 1. The summed E-state index contributed by atoms with van der Waals surface area (Å²) in [5.41, 5.74) is 1.27. The smallest absolute Gasteiger partial charge is 0.407 e. The van der Waals surface area contributed by atoms with E-state index in [1.165, 1.54) is 5.56 Å². The normalized spacial score (nSPS) is 22.2. The average molecular weight is 217 g/mol. The number of alkyl carbamates (subject to hydrolysis) is 1. The summed E-state index contributed by atoms with van der Waals surface area (Å²) in [5, 5.41) is 2.83. The predicted molar refractivity (Wildman–Crippen MR) is 62.3 cm³/mol. The van der Waals surface area contributed by atoms with Gasteiger partial charge >= 0.3 is 6.09 Å². The predicted octanol–water partition coefficient (Wildman–Crippen LogP) is 2.45. The van der Waals surface area contributed by atoms with Crippen LogP contribution in [0.1, 0.15) is 17.9 Å². The van der Waals surface area contributed by atoms with Crippen molar-refractivity contribution in [2.24, 2.45) is 0 Å². The fourth-order valence-corrected chi connectivity index (χ4v) is 1.75. The Hall–Kier alpha value is -1.77. The van der Waals surface area contributed by atoms with Crippen molar-refractivity contribution in [2.45, 2.75) is 18.4 Å². The quantitative estimate of drug-likeness (QED) is 0.787. The van der Waals surface area contributed by atoms with E-state index in [4.69, 9.17) is 4.74 Å². The van der Waals surface area contributed by atoms with Crippen LogP contribution in [0.15, 0.2) is 43.0 Å². The van der Waals surface area contributed by atoms with Gasteiger partial charge < -0.3 is 10.1 Å². The van der Waals surface area contributed by atoms with Crippen LogP contribution in [0.3, 0.4) is 0 Å². The molecule has 0 unspecified atom stereocenters. The molecule has 1 aromatic rings. The van der Waals surface area contributed by atoms with Gasteiger partial charge in [0.25, 0.3) is 0 Å². The Balaban J connectivity index is 1.79. The summed E-state index contributed by atoms with van der Waals surface area (Å²) in [6.45, 7) is 3.74. The Morgan fingerprint density at radius 2 is 2.25 bits per heavy atom. The molecule has 0 spiro atoms. The van der Waals surface area contributed by atoms with Gasteiger partial charge in [-0.2, -0.15) is 0 Å². The van der Waals surface area contributed by atoms with Gasteiger partial charge in [-0.1, -0.05) is 43.0 Å². The molecule has 1 amide bonds. The first-order chi connectivity index (χ1) is 7.81. The van der Waals surface area contributed by atoms with E-state index in [1.54, 1.807) is 6.08 Å². The van der Waals surface area contributed by atoms with Crippen LogP contribution in [0.5, 0.6) is 0 Å². The van der Waals surface area contributed by atoms with Crippen molar-refractivity contribution < 1.29 is 9.53 Å². The van der Waals surface area contributed by atoms with Crippen LogP contribution in [-0.2, 0) is 4.74 Å². The lowest BCUT2D eigenvalue weighted by molar-refractivity contribution is 0.157. The number of rotatable bonds is 4. The van der Waals surface area contributed by atoms with Gasteiger partial charge in [-0.3, -0.25) is 0 Å². The maximum Gasteiger partial charge on any atom is 0.407 e. The lowest BCUT2D eigenvalue weighted by Gasteiger charge is -2.04. The SMILES string of the molecule is C=CCOC(=O)N[C@@H]1C[C@H]1c1ccccc1. The van der Waals surface area contributed by atoms with Gasteiger partial charge in [0.2, 0.25) is 0 Å². The molecule has 0 radical (unpaired) electrons. The lowest BCUT2D eigenvalue weighted by Crippen LogP contribution is -2.27. The Bertz CT molecular complexity index is 375. The van der Waals surface area contributed by atoms with E-state index in [0.717, 1.165) is 6.42 Å². The van der Waals surface area contributed by atoms with Crippen LogP contribution in [-0.4, -0.2) is 18.7 Å². The first kappa shape index (κ1) is 10.7. The van der Waals surface area contributed by atoms with Crippen molar-refractivity contribution >= 4 is 6.09 Å². The molecule has 2 atom stereocenters. The summed E-state index contributed by atoms with van der Waals surface area (Å²) >= 11 is 0. The second kappa shape index (κ2) is 4.84. The second-order valence-corrected chi connectivity index (χ2v) is 3.89. The zero-order chi connectivity index (χ0) is 11.4. The van der Waals surface area contributed by atoms with Crippen molar-refractivity contribution in [3.05, 3.63) is 48.6 Å².